The summed E-state index contributed by atoms with van der Waals surface area (Å²) in [7, 11) is 0. The first kappa shape index (κ1) is 14.8. The zero-order chi connectivity index (χ0) is 16.2. The zero-order valence-corrected chi connectivity index (χ0v) is 14.7. The van der Waals surface area contributed by atoms with Gasteiger partial charge in [0.25, 0.3) is 0 Å². The molecule has 0 spiro atoms. The van der Waals surface area contributed by atoms with Crippen molar-refractivity contribution in [1.82, 2.24) is 5.32 Å². The minimum absolute atomic E-state index is 0.0957. The van der Waals surface area contributed by atoms with Crippen LogP contribution in [-0.2, 0) is 0 Å². The van der Waals surface area contributed by atoms with Crippen LogP contribution in [0.4, 0.5) is 10.5 Å². The number of anilines is 1. The van der Waals surface area contributed by atoms with Crippen LogP contribution in [0.3, 0.4) is 0 Å². The molecule has 4 nitrogen and oxygen atoms in total. The van der Waals surface area contributed by atoms with E-state index in [1.165, 1.54) is 0 Å². The van der Waals surface area contributed by atoms with Crippen LogP contribution in [0.2, 0.25) is 5.02 Å². The largest absolute Gasteiger partial charge is 0.467 e. The van der Waals surface area contributed by atoms with E-state index in [2.05, 4.69) is 21.2 Å². The molecule has 2 aromatic rings. The number of rotatable bonds is 1. The molecule has 118 valence electrons. The molecule has 2 aromatic carbocycles. The van der Waals surface area contributed by atoms with Gasteiger partial charge >= 0.3 is 6.03 Å². The molecule has 0 aromatic heterocycles. The zero-order valence-electron chi connectivity index (χ0n) is 12.3. The molecular formula is C17H14BrClN2O2. The summed E-state index contributed by atoms with van der Waals surface area (Å²) in [5, 5.41) is 3.70. The van der Waals surface area contributed by atoms with Gasteiger partial charge in [0.2, 0.25) is 0 Å². The second-order valence-electron chi connectivity index (χ2n) is 5.98. The maximum atomic E-state index is 12.7. The van der Waals surface area contributed by atoms with Crippen molar-refractivity contribution in [2.45, 2.75) is 25.1 Å². The van der Waals surface area contributed by atoms with Crippen molar-refractivity contribution in [2.24, 2.45) is 0 Å². The van der Waals surface area contributed by atoms with E-state index in [-0.39, 0.29) is 12.1 Å². The average molecular weight is 394 g/mol. The summed E-state index contributed by atoms with van der Waals surface area (Å²) in [5.74, 6) is 0.760. The lowest BCUT2D eigenvalue weighted by molar-refractivity contribution is 0.0379. The van der Waals surface area contributed by atoms with Crippen LogP contribution in [0.25, 0.3) is 0 Å². The Morgan fingerprint density at radius 2 is 2.04 bits per heavy atom. The van der Waals surface area contributed by atoms with Gasteiger partial charge in [0, 0.05) is 27.2 Å². The van der Waals surface area contributed by atoms with Gasteiger partial charge in [-0.25, -0.2) is 4.79 Å². The molecule has 0 radical (unpaired) electrons. The Bertz CT molecular complexity index is 796. The van der Waals surface area contributed by atoms with E-state index in [1.807, 2.05) is 43.3 Å². The highest BCUT2D eigenvalue weighted by molar-refractivity contribution is 9.10. The molecular weight excluding hydrogens is 380 g/mol. The molecule has 4 rings (SSSR count). The normalized spacial score (nSPS) is 25.4. The van der Waals surface area contributed by atoms with Gasteiger partial charge in [-0.2, -0.15) is 0 Å². The third kappa shape index (κ3) is 2.39. The van der Waals surface area contributed by atoms with Crippen molar-refractivity contribution in [3.05, 3.63) is 57.5 Å². The lowest BCUT2D eigenvalue weighted by atomic mass is 9.90. The molecule has 2 amide bonds. The number of ether oxygens (including phenoxy) is 1. The second kappa shape index (κ2) is 5.14. The quantitative estimate of drug-likeness (QED) is 0.751. The van der Waals surface area contributed by atoms with Gasteiger partial charge < -0.3 is 10.1 Å². The Hall–Kier alpha value is -1.72. The van der Waals surface area contributed by atoms with Crippen LogP contribution in [-0.4, -0.2) is 11.8 Å². The number of urea groups is 1. The molecule has 2 aliphatic rings. The highest BCUT2D eigenvalue weighted by atomic mass is 79.9. The number of hydrogen-bond donors (Lipinski definition) is 1. The van der Waals surface area contributed by atoms with Crippen LogP contribution < -0.4 is 15.0 Å². The predicted octanol–water partition coefficient (Wildman–Crippen LogP) is 4.87. The van der Waals surface area contributed by atoms with Crippen LogP contribution in [0, 0.1) is 0 Å². The van der Waals surface area contributed by atoms with Gasteiger partial charge in [-0.3, -0.25) is 4.90 Å². The molecule has 1 saturated heterocycles. The first-order valence-electron chi connectivity index (χ1n) is 7.31. The molecule has 0 aliphatic carbocycles. The van der Waals surface area contributed by atoms with E-state index >= 15 is 0 Å². The summed E-state index contributed by atoms with van der Waals surface area (Å²) in [4.78, 5) is 14.4. The summed E-state index contributed by atoms with van der Waals surface area (Å²) < 4.78 is 7.17. The first-order valence-corrected chi connectivity index (χ1v) is 8.48. The van der Waals surface area contributed by atoms with Crippen LogP contribution in [0.5, 0.6) is 5.75 Å². The fourth-order valence-corrected chi connectivity index (χ4v) is 3.77. The number of amides is 2. The van der Waals surface area contributed by atoms with Gasteiger partial charge in [-0.15, -0.1) is 0 Å². The van der Waals surface area contributed by atoms with Crippen molar-refractivity contribution < 1.29 is 9.53 Å². The SMILES string of the molecule is CC12CC(NC(=O)N1c1ccc(Br)cc1)c1cc(Cl)ccc1O2. The molecule has 23 heavy (non-hydrogen) atoms. The van der Waals surface area contributed by atoms with Gasteiger partial charge in [0.1, 0.15) is 5.75 Å². The van der Waals surface area contributed by atoms with Crippen LogP contribution in [0.1, 0.15) is 24.9 Å². The number of halogens is 2. The van der Waals surface area contributed by atoms with Crippen molar-refractivity contribution in [3.8, 4) is 5.75 Å². The predicted molar refractivity (Wildman–Crippen MR) is 93.0 cm³/mol. The molecule has 1 fully saturated rings. The third-order valence-electron chi connectivity index (χ3n) is 4.32. The van der Waals surface area contributed by atoms with E-state index in [1.54, 1.807) is 11.0 Å². The lowest BCUT2D eigenvalue weighted by Crippen LogP contribution is -2.65. The number of carbonyl (C=O) groups excluding carboxylic acids is 1. The van der Waals surface area contributed by atoms with Gasteiger partial charge in [-0.1, -0.05) is 27.5 Å². The lowest BCUT2D eigenvalue weighted by Gasteiger charge is -2.50. The van der Waals surface area contributed by atoms with E-state index < -0.39 is 5.72 Å². The van der Waals surface area contributed by atoms with Crippen molar-refractivity contribution in [2.75, 3.05) is 4.90 Å². The maximum absolute atomic E-state index is 12.7. The Balaban J connectivity index is 1.79. The summed E-state index contributed by atoms with van der Waals surface area (Å²) in [6.07, 6.45) is 0.655. The fourth-order valence-electron chi connectivity index (χ4n) is 3.33. The highest BCUT2D eigenvalue weighted by Crippen LogP contribution is 2.46. The summed E-state index contributed by atoms with van der Waals surface area (Å²) in [6, 6.07) is 12.9. The topological polar surface area (TPSA) is 41.6 Å². The molecule has 2 atom stereocenters. The third-order valence-corrected chi connectivity index (χ3v) is 5.08. The maximum Gasteiger partial charge on any atom is 0.325 e. The standard InChI is InChI=1S/C17H14BrClN2O2/c1-17-9-14(13-8-11(19)4-7-15(13)23-17)20-16(22)21(17)12-5-2-10(18)3-6-12/h2-8,14H,9H2,1H3,(H,20,22). The summed E-state index contributed by atoms with van der Waals surface area (Å²) in [5.41, 5.74) is 0.990. The molecule has 1 N–H and O–H groups in total. The highest BCUT2D eigenvalue weighted by Gasteiger charge is 2.49. The Morgan fingerprint density at radius 1 is 1.30 bits per heavy atom. The van der Waals surface area contributed by atoms with E-state index in [4.69, 9.17) is 16.3 Å². The number of carbonyl (C=O) groups is 1. The molecule has 6 heteroatoms. The molecule has 2 heterocycles. The van der Waals surface area contributed by atoms with Crippen molar-refractivity contribution in [3.63, 3.8) is 0 Å². The summed E-state index contributed by atoms with van der Waals surface area (Å²) in [6.45, 7) is 1.94. The molecule has 2 unspecified atom stereocenters. The first-order chi connectivity index (χ1) is 11.0. The number of hydrogen-bond acceptors (Lipinski definition) is 2. The van der Waals surface area contributed by atoms with Crippen molar-refractivity contribution >= 4 is 39.2 Å². The van der Waals surface area contributed by atoms with E-state index in [0.717, 1.165) is 21.5 Å². The number of nitrogens with zero attached hydrogens (tertiary/aromatic N) is 1. The van der Waals surface area contributed by atoms with E-state index in [9.17, 15) is 4.79 Å². The fraction of sp³-hybridized carbons (Fsp3) is 0.235. The second-order valence-corrected chi connectivity index (χ2v) is 7.33. The number of fused-ring (bicyclic) bond motifs is 4. The number of benzene rings is 2. The Labute approximate surface area is 147 Å². The van der Waals surface area contributed by atoms with Crippen molar-refractivity contribution in [1.29, 1.82) is 0 Å². The van der Waals surface area contributed by atoms with Crippen LogP contribution in [0.15, 0.2) is 46.9 Å². The molecule has 0 saturated carbocycles. The number of nitrogens with one attached hydrogen (secondary N) is 1. The van der Waals surface area contributed by atoms with E-state index in [0.29, 0.717) is 11.4 Å². The van der Waals surface area contributed by atoms with Gasteiger partial charge in [-0.05, 0) is 49.4 Å². The Kier molecular flexibility index (Phi) is 3.32. The van der Waals surface area contributed by atoms with Gasteiger partial charge in [0.15, 0.2) is 5.72 Å². The smallest absolute Gasteiger partial charge is 0.325 e. The minimum atomic E-state index is -0.734. The molecule has 2 bridgehead atoms. The van der Waals surface area contributed by atoms with Crippen LogP contribution >= 0.6 is 27.5 Å². The monoisotopic (exact) mass is 392 g/mol. The minimum Gasteiger partial charge on any atom is -0.467 e. The summed E-state index contributed by atoms with van der Waals surface area (Å²) >= 11 is 9.50. The average Bonchev–Trinajstić information content (AvgIpc) is 2.49. The Morgan fingerprint density at radius 3 is 2.78 bits per heavy atom. The molecule has 2 aliphatic heterocycles. The van der Waals surface area contributed by atoms with Gasteiger partial charge in [0.05, 0.1) is 6.04 Å².